The Kier molecular flexibility index (Phi) is 3.00. The molecule has 0 aliphatic carbocycles. The van der Waals surface area contributed by atoms with Crippen molar-refractivity contribution in [1.29, 1.82) is 0 Å². The predicted molar refractivity (Wildman–Crippen MR) is 50.6 cm³/mol. The standard InChI is InChI=1S/C10H20O3/c1-6-7(2)13-9(8(6)12-5)10(3,4)11/h6-9,11H,1-5H3/t6-,7-,8-,9?/m0/s1. The first-order chi connectivity index (χ1) is 5.88. The zero-order valence-electron chi connectivity index (χ0n) is 9.07. The summed E-state index contributed by atoms with van der Waals surface area (Å²) < 4.78 is 11.0. The van der Waals surface area contributed by atoms with Crippen molar-refractivity contribution >= 4 is 0 Å². The number of ether oxygens (including phenoxy) is 2. The molecule has 1 N–H and O–H groups in total. The molecule has 1 fully saturated rings. The van der Waals surface area contributed by atoms with Crippen LogP contribution in [0.1, 0.15) is 27.7 Å². The van der Waals surface area contributed by atoms with E-state index in [-0.39, 0.29) is 18.3 Å². The molecule has 13 heavy (non-hydrogen) atoms. The molecule has 78 valence electrons. The van der Waals surface area contributed by atoms with Gasteiger partial charge in [0, 0.05) is 13.0 Å². The van der Waals surface area contributed by atoms with E-state index in [0.29, 0.717) is 5.92 Å². The summed E-state index contributed by atoms with van der Waals surface area (Å²) in [7, 11) is 1.67. The number of methoxy groups -OCH3 is 1. The van der Waals surface area contributed by atoms with Gasteiger partial charge in [-0.3, -0.25) is 0 Å². The largest absolute Gasteiger partial charge is 0.388 e. The van der Waals surface area contributed by atoms with E-state index in [1.54, 1.807) is 21.0 Å². The molecule has 1 aliphatic rings. The molecule has 1 unspecified atom stereocenters. The third-order valence-electron chi connectivity index (χ3n) is 2.89. The first-order valence-corrected chi connectivity index (χ1v) is 4.78. The molecule has 0 bridgehead atoms. The second-order valence-electron chi connectivity index (χ2n) is 4.47. The van der Waals surface area contributed by atoms with Crippen LogP contribution >= 0.6 is 0 Å². The maximum atomic E-state index is 9.85. The fraction of sp³-hybridized carbons (Fsp3) is 1.00. The van der Waals surface area contributed by atoms with Gasteiger partial charge in [-0.25, -0.2) is 0 Å². The summed E-state index contributed by atoms with van der Waals surface area (Å²) in [6.07, 6.45) is -0.0705. The Balaban J connectivity index is 2.77. The highest BCUT2D eigenvalue weighted by molar-refractivity contribution is 4.95. The summed E-state index contributed by atoms with van der Waals surface area (Å²) in [6.45, 7) is 7.62. The quantitative estimate of drug-likeness (QED) is 0.707. The minimum Gasteiger partial charge on any atom is -0.388 e. The van der Waals surface area contributed by atoms with E-state index in [1.165, 1.54) is 0 Å². The van der Waals surface area contributed by atoms with Crippen LogP contribution in [0.2, 0.25) is 0 Å². The summed E-state index contributed by atoms with van der Waals surface area (Å²) >= 11 is 0. The molecule has 1 aliphatic heterocycles. The molecule has 1 rings (SSSR count). The lowest BCUT2D eigenvalue weighted by molar-refractivity contribution is -0.114. The molecule has 3 nitrogen and oxygen atoms in total. The fourth-order valence-electron chi connectivity index (χ4n) is 1.88. The smallest absolute Gasteiger partial charge is 0.112 e. The van der Waals surface area contributed by atoms with Crippen molar-refractivity contribution in [1.82, 2.24) is 0 Å². The number of rotatable bonds is 2. The van der Waals surface area contributed by atoms with Crippen molar-refractivity contribution < 1.29 is 14.6 Å². The van der Waals surface area contributed by atoms with Gasteiger partial charge < -0.3 is 14.6 Å². The lowest BCUT2D eigenvalue weighted by Crippen LogP contribution is -2.44. The zero-order chi connectivity index (χ0) is 10.2. The lowest BCUT2D eigenvalue weighted by atomic mass is 9.91. The third kappa shape index (κ3) is 2.03. The van der Waals surface area contributed by atoms with Crippen LogP contribution in [0.4, 0.5) is 0 Å². The van der Waals surface area contributed by atoms with Crippen molar-refractivity contribution in [3.8, 4) is 0 Å². The molecule has 0 aromatic carbocycles. The Morgan fingerprint density at radius 2 is 1.85 bits per heavy atom. The first-order valence-electron chi connectivity index (χ1n) is 4.78. The van der Waals surface area contributed by atoms with Gasteiger partial charge in [0.1, 0.15) is 6.10 Å². The van der Waals surface area contributed by atoms with E-state index >= 15 is 0 Å². The highest BCUT2D eigenvalue weighted by atomic mass is 16.6. The third-order valence-corrected chi connectivity index (χ3v) is 2.89. The average molecular weight is 188 g/mol. The van der Waals surface area contributed by atoms with Gasteiger partial charge in [0.2, 0.25) is 0 Å². The molecular formula is C10H20O3. The van der Waals surface area contributed by atoms with E-state index in [2.05, 4.69) is 6.92 Å². The van der Waals surface area contributed by atoms with Crippen LogP contribution in [0.5, 0.6) is 0 Å². The van der Waals surface area contributed by atoms with Gasteiger partial charge >= 0.3 is 0 Å². The maximum absolute atomic E-state index is 9.85. The SMILES string of the molecule is CO[C@@H]1C(C(C)(C)O)O[C@@H](C)[C@@H]1C. The molecule has 0 saturated carbocycles. The van der Waals surface area contributed by atoms with Gasteiger partial charge in [-0.1, -0.05) is 6.92 Å². The predicted octanol–water partition coefficient (Wildman–Crippen LogP) is 1.20. The van der Waals surface area contributed by atoms with Gasteiger partial charge in [-0.2, -0.15) is 0 Å². The second kappa shape index (κ2) is 3.56. The van der Waals surface area contributed by atoms with Crippen LogP contribution in [0.25, 0.3) is 0 Å². The monoisotopic (exact) mass is 188 g/mol. The van der Waals surface area contributed by atoms with Crippen LogP contribution in [0, 0.1) is 5.92 Å². The zero-order valence-corrected chi connectivity index (χ0v) is 9.07. The Labute approximate surface area is 80.0 Å². The summed E-state index contributed by atoms with van der Waals surface area (Å²) in [4.78, 5) is 0. The number of hydrogen-bond acceptors (Lipinski definition) is 3. The first kappa shape index (κ1) is 11.0. The Hall–Kier alpha value is -0.120. The molecule has 0 amide bonds. The fourth-order valence-corrected chi connectivity index (χ4v) is 1.88. The number of hydrogen-bond donors (Lipinski definition) is 1. The maximum Gasteiger partial charge on any atom is 0.112 e. The molecule has 0 spiro atoms. The van der Waals surface area contributed by atoms with Crippen molar-refractivity contribution in [2.24, 2.45) is 5.92 Å². The average Bonchev–Trinajstić information content (AvgIpc) is 2.28. The van der Waals surface area contributed by atoms with Crippen LogP contribution in [-0.4, -0.2) is 36.1 Å². The van der Waals surface area contributed by atoms with Crippen LogP contribution in [0.15, 0.2) is 0 Å². The minimum absolute atomic E-state index is 0.00463. The van der Waals surface area contributed by atoms with Gasteiger partial charge in [-0.05, 0) is 20.8 Å². The summed E-state index contributed by atoms with van der Waals surface area (Å²) in [5, 5.41) is 9.85. The van der Waals surface area contributed by atoms with Gasteiger partial charge in [-0.15, -0.1) is 0 Å². The molecule has 4 atom stereocenters. The lowest BCUT2D eigenvalue weighted by Gasteiger charge is -2.29. The van der Waals surface area contributed by atoms with Crippen molar-refractivity contribution in [3.63, 3.8) is 0 Å². The Bertz CT molecular complexity index is 173. The molecular weight excluding hydrogens is 168 g/mol. The van der Waals surface area contributed by atoms with Gasteiger partial charge in [0.25, 0.3) is 0 Å². The highest BCUT2D eigenvalue weighted by Crippen LogP contribution is 2.34. The molecule has 0 aromatic heterocycles. The van der Waals surface area contributed by atoms with Crippen molar-refractivity contribution in [3.05, 3.63) is 0 Å². The second-order valence-corrected chi connectivity index (χ2v) is 4.47. The normalized spacial score (nSPS) is 41.1. The van der Waals surface area contributed by atoms with Crippen LogP contribution in [-0.2, 0) is 9.47 Å². The van der Waals surface area contributed by atoms with Crippen molar-refractivity contribution in [2.75, 3.05) is 7.11 Å². The van der Waals surface area contributed by atoms with Crippen LogP contribution < -0.4 is 0 Å². The topological polar surface area (TPSA) is 38.7 Å². The minimum atomic E-state index is -0.834. The highest BCUT2D eigenvalue weighted by Gasteiger charge is 2.46. The number of aliphatic hydroxyl groups is 1. The molecule has 1 saturated heterocycles. The van der Waals surface area contributed by atoms with Crippen LogP contribution in [0.3, 0.4) is 0 Å². The summed E-state index contributed by atoms with van der Waals surface area (Å²) in [5.41, 5.74) is -0.834. The van der Waals surface area contributed by atoms with E-state index in [9.17, 15) is 5.11 Å². The van der Waals surface area contributed by atoms with E-state index in [1.807, 2.05) is 6.92 Å². The van der Waals surface area contributed by atoms with E-state index in [0.717, 1.165) is 0 Å². The molecule has 3 heteroatoms. The molecule has 0 aromatic rings. The van der Waals surface area contributed by atoms with E-state index < -0.39 is 5.60 Å². The Morgan fingerprint density at radius 1 is 1.31 bits per heavy atom. The Morgan fingerprint density at radius 3 is 2.15 bits per heavy atom. The summed E-state index contributed by atoms with van der Waals surface area (Å²) in [6, 6.07) is 0. The van der Waals surface area contributed by atoms with Gasteiger partial charge in [0.15, 0.2) is 0 Å². The molecule has 0 radical (unpaired) electrons. The molecule has 1 heterocycles. The summed E-state index contributed by atoms with van der Waals surface area (Å²) in [5.74, 6) is 0.335. The van der Waals surface area contributed by atoms with Gasteiger partial charge in [0.05, 0.1) is 17.8 Å². The van der Waals surface area contributed by atoms with E-state index in [4.69, 9.17) is 9.47 Å². The van der Waals surface area contributed by atoms with Crippen molar-refractivity contribution in [2.45, 2.75) is 51.6 Å².